The second-order valence-corrected chi connectivity index (χ2v) is 3.07. The molecule has 1 aromatic rings. The molecule has 2 heterocycles. The Balaban J connectivity index is 2.38. The molecule has 1 aliphatic heterocycles. The van der Waals surface area contributed by atoms with Gasteiger partial charge in [-0.3, -0.25) is 4.90 Å². The van der Waals surface area contributed by atoms with Crippen LogP contribution in [0.4, 0.5) is 0 Å². The molecule has 3 nitrogen and oxygen atoms in total. The number of hydrogen-bond donors (Lipinski definition) is 0. The summed E-state index contributed by atoms with van der Waals surface area (Å²) in [5, 5.41) is 0. The first kappa shape index (κ1) is 6.85. The molecule has 0 amide bonds. The van der Waals surface area contributed by atoms with Crippen molar-refractivity contribution in [1.82, 2.24) is 9.88 Å². The summed E-state index contributed by atoms with van der Waals surface area (Å²) in [7, 11) is 2.11. The summed E-state index contributed by atoms with van der Waals surface area (Å²) >= 11 is 0. The third-order valence-electron chi connectivity index (χ3n) is 2.42. The SMILES string of the molecule is CC1c2ncoc2CCN1C. The number of nitrogens with zero attached hydrogens (tertiary/aromatic N) is 2. The van der Waals surface area contributed by atoms with E-state index in [2.05, 4.69) is 23.9 Å². The molecule has 0 bridgehead atoms. The Morgan fingerprint density at radius 1 is 1.73 bits per heavy atom. The van der Waals surface area contributed by atoms with Gasteiger partial charge in [-0.05, 0) is 14.0 Å². The van der Waals surface area contributed by atoms with Crippen LogP contribution in [0.3, 0.4) is 0 Å². The Hall–Kier alpha value is -0.830. The van der Waals surface area contributed by atoms with Crippen LogP contribution >= 0.6 is 0 Å². The molecule has 1 aromatic heterocycles. The highest BCUT2D eigenvalue weighted by molar-refractivity contribution is 5.15. The van der Waals surface area contributed by atoms with E-state index in [1.165, 1.54) is 0 Å². The van der Waals surface area contributed by atoms with Crippen LogP contribution in [0.25, 0.3) is 0 Å². The lowest BCUT2D eigenvalue weighted by molar-refractivity contribution is 0.232. The number of fused-ring (bicyclic) bond motifs is 1. The Kier molecular flexibility index (Phi) is 1.46. The summed E-state index contributed by atoms with van der Waals surface area (Å²) in [6, 6.07) is 0.414. The zero-order valence-corrected chi connectivity index (χ0v) is 6.87. The normalized spacial score (nSPS) is 25.1. The Labute approximate surface area is 66.0 Å². The van der Waals surface area contributed by atoms with Gasteiger partial charge in [0, 0.05) is 13.0 Å². The van der Waals surface area contributed by atoms with E-state index >= 15 is 0 Å². The van der Waals surface area contributed by atoms with Crippen molar-refractivity contribution in [3.63, 3.8) is 0 Å². The van der Waals surface area contributed by atoms with Gasteiger partial charge in [0.05, 0.1) is 11.7 Å². The largest absolute Gasteiger partial charge is 0.448 e. The van der Waals surface area contributed by atoms with E-state index in [9.17, 15) is 0 Å². The summed E-state index contributed by atoms with van der Waals surface area (Å²) in [4.78, 5) is 6.46. The fourth-order valence-corrected chi connectivity index (χ4v) is 1.49. The minimum Gasteiger partial charge on any atom is -0.448 e. The van der Waals surface area contributed by atoms with Crippen LogP contribution in [0.1, 0.15) is 24.4 Å². The van der Waals surface area contributed by atoms with Crippen molar-refractivity contribution in [2.75, 3.05) is 13.6 Å². The highest BCUT2D eigenvalue weighted by Crippen LogP contribution is 2.25. The molecular formula is C8H12N2O. The smallest absolute Gasteiger partial charge is 0.181 e. The third kappa shape index (κ3) is 0.959. The van der Waals surface area contributed by atoms with Gasteiger partial charge in [0.1, 0.15) is 5.76 Å². The third-order valence-corrected chi connectivity index (χ3v) is 2.42. The highest BCUT2D eigenvalue weighted by atomic mass is 16.3. The highest BCUT2D eigenvalue weighted by Gasteiger charge is 2.24. The summed E-state index contributed by atoms with van der Waals surface area (Å²) in [6.07, 6.45) is 2.54. The molecule has 0 saturated carbocycles. The van der Waals surface area contributed by atoms with Crippen LogP contribution in [-0.4, -0.2) is 23.5 Å². The lowest BCUT2D eigenvalue weighted by Gasteiger charge is -2.27. The molecule has 0 spiro atoms. The van der Waals surface area contributed by atoms with Crippen molar-refractivity contribution < 1.29 is 4.42 Å². The average molecular weight is 152 g/mol. The molecule has 0 fully saturated rings. The lowest BCUT2D eigenvalue weighted by Crippen LogP contribution is -2.29. The fraction of sp³-hybridized carbons (Fsp3) is 0.625. The van der Waals surface area contributed by atoms with Gasteiger partial charge < -0.3 is 4.42 Å². The van der Waals surface area contributed by atoms with E-state index in [1.807, 2.05) is 0 Å². The van der Waals surface area contributed by atoms with E-state index < -0.39 is 0 Å². The maximum absolute atomic E-state index is 5.24. The van der Waals surface area contributed by atoms with Gasteiger partial charge in [-0.1, -0.05) is 0 Å². The Morgan fingerprint density at radius 2 is 2.55 bits per heavy atom. The minimum absolute atomic E-state index is 0.414. The number of likely N-dealkylation sites (N-methyl/N-ethyl adjacent to an activating group) is 1. The second kappa shape index (κ2) is 2.34. The van der Waals surface area contributed by atoms with Gasteiger partial charge >= 0.3 is 0 Å². The van der Waals surface area contributed by atoms with Crippen molar-refractivity contribution in [2.24, 2.45) is 0 Å². The van der Waals surface area contributed by atoms with Gasteiger partial charge in [-0.15, -0.1) is 0 Å². The maximum atomic E-state index is 5.24. The molecule has 1 unspecified atom stereocenters. The van der Waals surface area contributed by atoms with Gasteiger partial charge in [-0.25, -0.2) is 4.98 Å². The first-order valence-electron chi connectivity index (χ1n) is 3.91. The Morgan fingerprint density at radius 3 is 3.36 bits per heavy atom. The molecule has 3 heteroatoms. The van der Waals surface area contributed by atoms with Gasteiger partial charge in [0.15, 0.2) is 6.39 Å². The van der Waals surface area contributed by atoms with Crippen LogP contribution in [0, 0.1) is 0 Å². The lowest BCUT2D eigenvalue weighted by atomic mass is 10.1. The van der Waals surface area contributed by atoms with E-state index in [0.29, 0.717) is 6.04 Å². The zero-order chi connectivity index (χ0) is 7.84. The summed E-state index contributed by atoms with van der Waals surface area (Å²) in [6.45, 7) is 3.23. The van der Waals surface area contributed by atoms with Gasteiger partial charge in [0.2, 0.25) is 0 Å². The zero-order valence-electron chi connectivity index (χ0n) is 6.87. The van der Waals surface area contributed by atoms with Crippen molar-refractivity contribution in [1.29, 1.82) is 0 Å². The first-order valence-corrected chi connectivity index (χ1v) is 3.91. The van der Waals surface area contributed by atoms with E-state index in [0.717, 1.165) is 24.4 Å². The predicted octanol–water partition coefficient (Wildman–Crippen LogP) is 1.22. The van der Waals surface area contributed by atoms with Crippen LogP contribution in [0.5, 0.6) is 0 Å². The quantitative estimate of drug-likeness (QED) is 0.559. The predicted molar refractivity (Wildman–Crippen MR) is 41.3 cm³/mol. The van der Waals surface area contributed by atoms with Crippen LogP contribution in [0.15, 0.2) is 10.8 Å². The molecular weight excluding hydrogens is 140 g/mol. The molecule has 1 atom stereocenters. The number of aromatic nitrogens is 1. The maximum Gasteiger partial charge on any atom is 0.181 e. The van der Waals surface area contributed by atoms with E-state index in [-0.39, 0.29) is 0 Å². The van der Waals surface area contributed by atoms with Crippen molar-refractivity contribution >= 4 is 0 Å². The van der Waals surface area contributed by atoms with Crippen LogP contribution in [-0.2, 0) is 6.42 Å². The molecule has 0 radical (unpaired) electrons. The first-order chi connectivity index (χ1) is 5.29. The minimum atomic E-state index is 0.414. The molecule has 60 valence electrons. The molecule has 1 aliphatic rings. The summed E-state index contributed by atoms with van der Waals surface area (Å²) in [5.41, 5.74) is 1.11. The molecule has 0 aromatic carbocycles. The van der Waals surface area contributed by atoms with Crippen LogP contribution < -0.4 is 0 Å². The van der Waals surface area contributed by atoms with Crippen molar-refractivity contribution in [2.45, 2.75) is 19.4 Å². The molecule has 0 N–H and O–H groups in total. The molecule has 11 heavy (non-hydrogen) atoms. The standard InChI is InChI=1S/C8H12N2O/c1-6-8-7(11-5-9-8)3-4-10(6)2/h5-6H,3-4H2,1-2H3. The van der Waals surface area contributed by atoms with E-state index in [4.69, 9.17) is 4.42 Å². The van der Waals surface area contributed by atoms with E-state index in [1.54, 1.807) is 6.39 Å². The van der Waals surface area contributed by atoms with Gasteiger partial charge in [0.25, 0.3) is 0 Å². The van der Waals surface area contributed by atoms with Gasteiger partial charge in [-0.2, -0.15) is 0 Å². The summed E-state index contributed by atoms with van der Waals surface area (Å²) < 4.78 is 5.24. The Bertz CT molecular complexity index is 256. The van der Waals surface area contributed by atoms with Crippen LogP contribution in [0.2, 0.25) is 0 Å². The van der Waals surface area contributed by atoms with Crippen molar-refractivity contribution in [3.05, 3.63) is 17.8 Å². The fourth-order valence-electron chi connectivity index (χ4n) is 1.49. The monoisotopic (exact) mass is 152 g/mol. The number of rotatable bonds is 0. The van der Waals surface area contributed by atoms with Crippen molar-refractivity contribution in [3.8, 4) is 0 Å². The second-order valence-electron chi connectivity index (χ2n) is 3.07. The number of hydrogen-bond acceptors (Lipinski definition) is 3. The number of oxazole rings is 1. The molecule has 0 saturated heterocycles. The topological polar surface area (TPSA) is 29.3 Å². The average Bonchev–Trinajstić information content (AvgIpc) is 2.45. The molecule has 0 aliphatic carbocycles. The summed E-state index contributed by atoms with van der Waals surface area (Å²) in [5.74, 6) is 1.07. The molecule has 2 rings (SSSR count).